The predicted molar refractivity (Wildman–Crippen MR) is 88.4 cm³/mol. The minimum atomic E-state index is -0.439. The van der Waals surface area contributed by atoms with Gasteiger partial charge in [0.2, 0.25) is 5.91 Å². The number of benzene rings is 1. The summed E-state index contributed by atoms with van der Waals surface area (Å²) < 4.78 is 0. The summed E-state index contributed by atoms with van der Waals surface area (Å²) >= 11 is 0. The Morgan fingerprint density at radius 2 is 1.64 bits per heavy atom. The molecule has 5 heteroatoms. The molecule has 0 unspecified atom stereocenters. The van der Waals surface area contributed by atoms with Crippen LogP contribution in [-0.2, 0) is 4.79 Å². The number of amides is 1. The fourth-order valence-electron chi connectivity index (χ4n) is 2.12. The van der Waals surface area contributed by atoms with Gasteiger partial charge in [0.1, 0.15) is 0 Å². The molecule has 0 aliphatic carbocycles. The maximum atomic E-state index is 12.3. The lowest BCUT2D eigenvalue weighted by atomic mass is 10.1. The van der Waals surface area contributed by atoms with Crippen molar-refractivity contribution in [2.45, 2.75) is 27.7 Å². The second kappa shape index (κ2) is 8.32. The summed E-state index contributed by atoms with van der Waals surface area (Å²) in [5.74, 6) is 0.798. The van der Waals surface area contributed by atoms with E-state index in [-0.39, 0.29) is 11.6 Å². The smallest absolute Gasteiger partial charge is 0.269 e. The lowest BCUT2D eigenvalue weighted by Crippen LogP contribution is -2.35. The van der Waals surface area contributed by atoms with Gasteiger partial charge in [-0.3, -0.25) is 14.9 Å². The van der Waals surface area contributed by atoms with Crippen LogP contribution in [0.15, 0.2) is 30.3 Å². The molecule has 0 spiro atoms. The molecule has 0 N–H and O–H groups in total. The monoisotopic (exact) mass is 304 g/mol. The summed E-state index contributed by atoms with van der Waals surface area (Å²) in [6.07, 6.45) is 3.23. The molecule has 1 rings (SSSR count). The van der Waals surface area contributed by atoms with Crippen LogP contribution in [0.25, 0.3) is 6.08 Å². The van der Waals surface area contributed by atoms with Crippen molar-refractivity contribution in [3.8, 4) is 0 Å². The Kier molecular flexibility index (Phi) is 6.76. The Hall–Kier alpha value is -2.17. The summed E-state index contributed by atoms with van der Waals surface area (Å²) in [6.45, 7) is 9.78. The zero-order chi connectivity index (χ0) is 16.7. The van der Waals surface area contributed by atoms with Crippen LogP contribution in [0.4, 0.5) is 5.69 Å². The standard InChI is InChI=1S/C17H24N2O3/c1-13(2)11-18(12-14(3)4)17(20)10-7-15-5-8-16(9-6-15)19(21)22/h5-10,13-14H,11-12H2,1-4H3. The van der Waals surface area contributed by atoms with Crippen molar-refractivity contribution in [3.05, 3.63) is 46.0 Å². The Labute approximate surface area is 131 Å². The molecule has 0 bridgehead atoms. The Balaban J connectivity index is 2.76. The molecule has 0 aliphatic rings. The quantitative estimate of drug-likeness (QED) is 0.438. The van der Waals surface area contributed by atoms with Gasteiger partial charge in [0, 0.05) is 31.3 Å². The van der Waals surface area contributed by atoms with E-state index in [9.17, 15) is 14.9 Å². The number of carbonyl (C=O) groups excluding carboxylic acids is 1. The molecule has 0 fully saturated rings. The molecule has 1 aromatic rings. The number of hydrogen-bond donors (Lipinski definition) is 0. The van der Waals surface area contributed by atoms with Gasteiger partial charge in [-0.25, -0.2) is 0 Å². The first-order valence-corrected chi connectivity index (χ1v) is 7.51. The molecule has 1 aromatic carbocycles. The topological polar surface area (TPSA) is 63.5 Å². The molecule has 0 radical (unpaired) electrons. The molecular weight excluding hydrogens is 280 g/mol. The highest BCUT2D eigenvalue weighted by Gasteiger charge is 2.13. The molecule has 1 amide bonds. The third-order valence-electron chi connectivity index (χ3n) is 3.01. The van der Waals surface area contributed by atoms with Crippen LogP contribution in [0.2, 0.25) is 0 Å². The van der Waals surface area contributed by atoms with Crippen LogP contribution >= 0.6 is 0 Å². The van der Waals surface area contributed by atoms with Crippen LogP contribution in [0, 0.1) is 22.0 Å². The van der Waals surface area contributed by atoms with E-state index in [1.807, 2.05) is 4.90 Å². The highest BCUT2D eigenvalue weighted by atomic mass is 16.6. The molecule has 5 nitrogen and oxygen atoms in total. The first-order chi connectivity index (χ1) is 10.3. The first kappa shape index (κ1) is 17.9. The maximum absolute atomic E-state index is 12.3. The summed E-state index contributed by atoms with van der Waals surface area (Å²) in [6, 6.07) is 6.14. The lowest BCUT2D eigenvalue weighted by Gasteiger charge is -2.25. The van der Waals surface area contributed by atoms with E-state index in [2.05, 4.69) is 27.7 Å². The molecule has 0 atom stereocenters. The number of nitro groups is 1. The fraction of sp³-hybridized carbons (Fsp3) is 0.471. The zero-order valence-electron chi connectivity index (χ0n) is 13.7. The molecule has 120 valence electrons. The molecule has 22 heavy (non-hydrogen) atoms. The van der Waals surface area contributed by atoms with Crippen molar-refractivity contribution in [2.75, 3.05) is 13.1 Å². The third kappa shape index (κ3) is 6.08. The Bertz CT molecular complexity index is 523. The first-order valence-electron chi connectivity index (χ1n) is 7.51. The van der Waals surface area contributed by atoms with Crippen LogP contribution in [0.3, 0.4) is 0 Å². The minimum Gasteiger partial charge on any atom is -0.339 e. The number of hydrogen-bond acceptors (Lipinski definition) is 3. The normalized spacial score (nSPS) is 11.4. The van der Waals surface area contributed by atoms with E-state index < -0.39 is 4.92 Å². The van der Waals surface area contributed by atoms with E-state index >= 15 is 0 Å². The summed E-state index contributed by atoms with van der Waals surface area (Å²) in [5.41, 5.74) is 0.817. The Morgan fingerprint density at radius 1 is 1.14 bits per heavy atom. The van der Waals surface area contributed by atoms with Gasteiger partial charge in [-0.1, -0.05) is 27.7 Å². The van der Waals surface area contributed by atoms with Gasteiger partial charge < -0.3 is 4.90 Å². The molecule has 0 saturated carbocycles. The van der Waals surface area contributed by atoms with Crippen molar-refractivity contribution in [2.24, 2.45) is 11.8 Å². The van der Waals surface area contributed by atoms with Gasteiger partial charge in [-0.05, 0) is 35.6 Å². The molecule has 0 aromatic heterocycles. The van der Waals surface area contributed by atoms with Crippen molar-refractivity contribution in [1.29, 1.82) is 0 Å². The number of nitrogens with zero attached hydrogens (tertiary/aromatic N) is 2. The van der Waals surface area contributed by atoms with Crippen molar-refractivity contribution in [1.82, 2.24) is 4.90 Å². The average Bonchev–Trinajstić information content (AvgIpc) is 2.43. The summed E-state index contributed by atoms with van der Waals surface area (Å²) in [5, 5.41) is 10.6. The van der Waals surface area contributed by atoms with Gasteiger partial charge in [0.15, 0.2) is 0 Å². The average molecular weight is 304 g/mol. The number of carbonyl (C=O) groups is 1. The van der Waals surface area contributed by atoms with E-state index in [1.165, 1.54) is 18.2 Å². The predicted octanol–water partition coefficient (Wildman–Crippen LogP) is 3.75. The molecule has 0 saturated heterocycles. The van der Waals surface area contributed by atoms with Crippen molar-refractivity contribution < 1.29 is 9.72 Å². The van der Waals surface area contributed by atoms with E-state index in [1.54, 1.807) is 18.2 Å². The highest BCUT2D eigenvalue weighted by Crippen LogP contribution is 2.13. The molecular formula is C17H24N2O3. The second-order valence-electron chi connectivity index (χ2n) is 6.21. The zero-order valence-corrected chi connectivity index (χ0v) is 13.7. The number of rotatable bonds is 7. The maximum Gasteiger partial charge on any atom is 0.269 e. The number of nitro benzene ring substituents is 1. The van der Waals surface area contributed by atoms with Crippen LogP contribution < -0.4 is 0 Å². The largest absolute Gasteiger partial charge is 0.339 e. The SMILES string of the molecule is CC(C)CN(CC(C)C)C(=O)C=Cc1ccc([N+](=O)[O-])cc1. The number of non-ortho nitro benzene ring substituents is 1. The minimum absolute atomic E-state index is 0.0271. The lowest BCUT2D eigenvalue weighted by molar-refractivity contribution is -0.384. The highest BCUT2D eigenvalue weighted by molar-refractivity contribution is 5.91. The van der Waals surface area contributed by atoms with E-state index in [0.29, 0.717) is 11.8 Å². The van der Waals surface area contributed by atoms with Gasteiger partial charge in [0.05, 0.1) is 4.92 Å². The fourth-order valence-corrected chi connectivity index (χ4v) is 2.12. The van der Waals surface area contributed by atoms with E-state index in [0.717, 1.165) is 18.7 Å². The third-order valence-corrected chi connectivity index (χ3v) is 3.01. The second-order valence-corrected chi connectivity index (χ2v) is 6.21. The molecule has 0 aliphatic heterocycles. The summed E-state index contributed by atoms with van der Waals surface area (Å²) in [7, 11) is 0. The van der Waals surface area contributed by atoms with Crippen LogP contribution in [-0.4, -0.2) is 28.8 Å². The van der Waals surface area contributed by atoms with E-state index in [4.69, 9.17) is 0 Å². The van der Waals surface area contributed by atoms with Gasteiger partial charge in [0.25, 0.3) is 5.69 Å². The summed E-state index contributed by atoms with van der Waals surface area (Å²) in [4.78, 5) is 24.3. The molecule has 0 heterocycles. The Morgan fingerprint density at radius 3 is 2.05 bits per heavy atom. The van der Waals surface area contributed by atoms with Crippen molar-refractivity contribution >= 4 is 17.7 Å². The van der Waals surface area contributed by atoms with Gasteiger partial charge in [-0.15, -0.1) is 0 Å². The van der Waals surface area contributed by atoms with Crippen LogP contribution in [0.5, 0.6) is 0 Å². The van der Waals surface area contributed by atoms with Crippen molar-refractivity contribution in [3.63, 3.8) is 0 Å². The van der Waals surface area contributed by atoms with Crippen LogP contribution in [0.1, 0.15) is 33.3 Å². The van der Waals surface area contributed by atoms with Gasteiger partial charge in [-0.2, -0.15) is 0 Å². The van der Waals surface area contributed by atoms with Gasteiger partial charge >= 0.3 is 0 Å².